The molecule has 2 aromatic rings. The third-order valence-electron chi connectivity index (χ3n) is 6.87. The van der Waals surface area contributed by atoms with Gasteiger partial charge >= 0.3 is 11.9 Å². The van der Waals surface area contributed by atoms with E-state index in [0.29, 0.717) is 42.2 Å². The second-order valence-corrected chi connectivity index (χ2v) is 9.24. The molecule has 0 bridgehead atoms. The molecule has 2 aromatic carbocycles. The maximum Gasteiger partial charge on any atom is 0.336 e. The Morgan fingerprint density at radius 1 is 0.865 bits per heavy atom. The zero-order valence-electron chi connectivity index (χ0n) is 19.6. The lowest BCUT2D eigenvalue weighted by Crippen LogP contribution is -2.38. The van der Waals surface area contributed by atoms with Crippen molar-refractivity contribution in [2.75, 3.05) is 0 Å². The number of phenolic OH excluding ortho intramolecular Hbond substituents is 1. The van der Waals surface area contributed by atoms with Crippen LogP contribution in [-0.2, 0) is 4.79 Å². The van der Waals surface area contributed by atoms with E-state index in [2.05, 4.69) is 5.32 Å². The van der Waals surface area contributed by atoms with E-state index in [1.165, 1.54) is 42.5 Å². The molecular formula is C28H23NO8. The summed E-state index contributed by atoms with van der Waals surface area (Å²) < 4.78 is 5.85. The van der Waals surface area contributed by atoms with Gasteiger partial charge in [0.2, 0.25) is 0 Å². The Labute approximate surface area is 210 Å². The van der Waals surface area contributed by atoms with Crippen LogP contribution in [0.2, 0.25) is 0 Å². The Bertz CT molecular complexity index is 1580. The molecule has 9 nitrogen and oxygen atoms in total. The molecule has 3 aliphatic rings. The van der Waals surface area contributed by atoms with Crippen LogP contribution in [0.5, 0.6) is 5.75 Å². The smallest absolute Gasteiger partial charge is 0.336 e. The summed E-state index contributed by atoms with van der Waals surface area (Å²) in [4.78, 5) is 48.6. The third-order valence-corrected chi connectivity index (χ3v) is 6.87. The molecule has 0 radical (unpaired) electrons. The molecule has 1 fully saturated rings. The molecule has 1 amide bonds. The predicted molar refractivity (Wildman–Crippen MR) is 134 cm³/mol. The van der Waals surface area contributed by atoms with Crippen molar-refractivity contribution in [3.8, 4) is 28.2 Å². The van der Waals surface area contributed by atoms with E-state index in [1.54, 1.807) is 12.1 Å². The van der Waals surface area contributed by atoms with Crippen LogP contribution in [0.3, 0.4) is 0 Å². The number of carbonyl (C=O) groups is 3. The number of carboxylic acids is 2. The topological polar surface area (TPSA) is 154 Å². The number of carboxylic acid groups (broad SMARTS) is 2. The van der Waals surface area contributed by atoms with Gasteiger partial charge < -0.3 is 25.1 Å². The van der Waals surface area contributed by atoms with Gasteiger partial charge in [0.1, 0.15) is 17.1 Å². The number of rotatable bonds is 5. The van der Waals surface area contributed by atoms with E-state index in [1.807, 2.05) is 0 Å². The Hall–Kier alpha value is -4.66. The largest absolute Gasteiger partial charge is 0.508 e. The van der Waals surface area contributed by atoms with Gasteiger partial charge in [0.15, 0.2) is 5.43 Å². The number of nitrogens with one attached hydrogen (secondary N) is 1. The van der Waals surface area contributed by atoms with Crippen LogP contribution >= 0.6 is 0 Å². The third kappa shape index (κ3) is 4.63. The van der Waals surface area contributed by atoms with Gasteiger partial charge in [0.25, 0.3) is 5.91 Å². The summed E-state index contributed by atoms with van der Waals surface area (Å²) in [7, 11) is 0. The first kappa shape index (κ1) is 24.1. The summed E-state index contributed by atoms with van der Waals surface area (Å²) in [6.45, 7) is 0. The fourth-order valence-electron chi connectivity index (χ4n) is 4.98. The van der Waals surface area contributed by atoms with Crippen molar-refractivity contribution >= 4 is 28.8 Å². The molecule has 1 heterocycles. The Balaban J connectivity index is 1.61. The minimum Gasteiger partial charge on any atom is -0.508 e. The molecular weight excluding hydrogens is 478 g/mol. The fraction of sp³-hybridized carbons (Fsp3) is 0.214. The number of fused-ring (bicyclic) bond motifs is 2. The minimum atomic E-state index is -1.20. The molecule has 4 N–H and O–H groups in total. The SMILES string of the molecule is O=C(NC1CCC(C(=O)O)CC1)c1ccc(C(=O)O)c(-c2c3ccc(=O)cc-3oc3cc(O)ccc23)c1. The van der Waals surface area contributed by atoms with E-state index < -0.39 is 23.8 Å². The molecule has 0 aromatic heterocycles. The molecule has 0 saturated heterocycles. The van der Waals surface area contributed by atoms with Crippen LogP contribution in [0.1, 0.15) is 46.4 Å². The normalized spacial score (nSPS) is 17.5. The van der Waals surface area contributed by atoms with Crippen LogP contribution in [0.15, 0.2) is 63.8 Å². The quantitative estimate of drug-likeness (QED) is 0.295. The van der Waals surface area contributed by atoms with Crippen LogP contribution in [0, 0.1) is 5.92 Å². The standard InChI is InChI=1S/C28H23NO8/c30-17-6-9-20-23(12-17)37-24-13-18(31)7-10-21(24)25(20)22-11-15(3-8-19(22)28(35)36)26(32)29-16-4-1-14(2-5-16)27(33)34/h3,6-14,16,30H,1-2,4-5H2,(H,29,32)(H,33,34)(H,35,36). The number of hydrogen-bond donors (Lipinski definition) is 4. The number of aromatic hydroxyl groups is 1. The monoisotopic (exact) mass is 501 g/mol. The number of amides is 1. The highest BCUT2D eigenvalue weighted by Gasteiger charge is 2.28. The second kappa shape index (κ2) is 9.42. The molecule has 188 valence electrons. The first-order chi connectivity index (χ1) is 17.7. The number of phenols is 1. The van der Waals surface area contributed by atoms with Gasteiger partial charge in [-0.2, -0.15) is 0 Å². The highest BCUT2D eigenvalue weighted by atomic mass is 16.4. The van der Waals surface area contributed by atoms with Crippen molar-refractivity contribution in [2.45, 2.75) is 31.7 Å². The van der Waals surface area contributed by atoms with E-state index in [4.69, 9.17) is 4.42 Å². The number of aromatic carboxylic acids is 1. The molecule has 5 rings (SSSR count). The maximum absolute atomic E-state index is 13.1. The summed E-state index contributed by atoms with van der Waals surface area (Å²) in [5, 5.41) is 32.6. The highest BCUT2D eigenvalue weighted by Crippen LogP contribution is 2.42. The van der Waals surface area contributed by atoms with E-state index in [-0.39, 0.29) is 45.3 Å². The number of carbonyl (C=O) groups excluding carboxylic acids is 1. The van der Waals surface area contributed by atoms with Gasteiger partial charge in [-0.3, -0.25) is 14.4 Å². The van der Waals surface area contributed by atoms with E-state index in [9.17, 15) is 34.5 Å². The van der Waals surface area contributed by atoms with E-state index >= 15 is 0 Å². The van der Waals surface area contributed by atoms with Crippen molar-refractivity contribution in [3.63, 3.8) is 0 Å². The molecule has 0 spiro atoms. The van der Waals surface area contributed by atoms with Gasteiger partial charge in [-0.05, 0) is 73.7 Å². The van der Waals surface area contributed by atoms with Crippen molar-refractivity contribution in [3.05, 3.63) is 75.9 Å². The predicted octanol–water partition coefficient (Wildman–Crippen LogP) is 4.34. The van der Waals surface area contributed by atoms with Gasteiger partial charge in [-0.15, -0.1) is 0 Å². The maximum atomic E-state index is 13.1. The molecule has 9 heteroatoms. The molecule has 37 heavy (non-hydrogen) atoms. The molecule has 2 aliphatic carbocycles. The lowest BCUT2D eigenvalue weighted by atomic mass is 9.86. The molecule has 0 atom stereocenters. The molecule has 1 saturated carbocycles. The van der Waals surface area contributed by atoms with Crippen LogP contribution < -0.4 is 10.7 Å². The van der Waals surface area contributed by atoms with Gasteiger partial charge in [-0.1, -0.05) is 0 Å². The lowest BCUT2D eigenvalue weighted by molar-refractivity contribution is -0.142. The summed E-state index contributed by atoms with van der Waals surface area (Å²) in [5.41, 5.74) is 1.31. The van der Waals surface area contributed by atoms with Gasteiger partial charge in [0, 0.05) is 40.3 Å². The lowest BCUT2D eigenvalue weighted by Gasteiger charge is -2.27. The van der Waals surface area contributed by atoms with Gasteiger partial charge in [-0.25, -0.2) is 4.79 Å². The number of aliphatic carboxylic acids is 1. The zero-order chi connectivity index (χ0) is 26.3. The second-order valence-electron chi connectivity index (χ2n) is 9.24. The van der Waals surface area contributed by atoms with Crippen molar-refractivity contribution in [2.24, 2.45) is 5.92 Å². The summed E-state index contributed by atoms with van der Waals surface area (Å²) in [5.74, 6) is -2.69. The zero-order valence-corrected chi connectivity index (χ0v) is 19.6. The molecule has 1 aliphatic heterocycles. The van der Waals surface area contributed by atoms with Crippen LogP contribution in [0.25, 0.3) is 33.4 Å². The highest BCUT2D eigenvalue weighted by molar-refractivity contribution is 6.09. The number of hydrogen-bond acceptors (Lipinski definition) is 6. The van der Waals surface area contributed by atoms with Crippen molar-refractivity contribution < 1.29 is 34.1 Å². The van der Waals surface area contributed by atoms with E-state index in [0.717, 1.165) is 0 Å². The van der Waals surface area contributed by atoms with Crippen molar-refractivity contribution in [1.82, 2.24) is 5.32 Å². The first-order valence-corrected chi connectivity index (χ1v) is 11.8. The summed E-state index contributed by atoms with van der Waals surface area (Å²) >= 11 is 0. The Morgan fingerprint density at radius 2 is 1.62 bits per heavy atom. The Morgan fingerprint density at radius 3 is 2.32 bits per heavy atom. The molecule has 0 unspecified atom stereocenters. The Kier molecular flexibility index (Phi) is 6.12. The number of benzene rings is 3. The first-order valence-electron chi connectivity index (χ1n) is 11.8. The minimum absolute atomic E-state index is 0.0495. The summed E-state index contributed by atoms with van der Waals surface area (Å²) in [6.07, 6.45) is 2.03. The van der Waals surface area contributed by atoms with Gasteiger partial charge in [0.05, 0.1) is 11.5 Å². The van der Waals surface area contributed by atoms with Crippen LogP contribution in [0.4, 0.5) is 0 Å². The summed E-state index contributed by atoms with van der Waals surface area (Å²) in [6, 6.07) is 12.7. The van der Waals surface area contributed by atoms with Crippen LogP contribution in [-0.4, -0.2) is 39.2 Å². The fourth-order valence-corrected chi connectivity index (χ4v) is 4.98. The van der Waals surface area contributed by atoms with Crippen molar-refractivity contribution in [1.29, 1.82) is 0 Å². The average Bonchev–Trinajstić information content (AvgIpc) is 2.87. The average molecular weight is 501 g/mol.